The summed E-state index contributed by atoms with van der Waals surface area (Å²) in [6.07, 6.45) is 2.74. The smallest absolute Gasteiger partial charge is 0.258 e. The molecule has 0 fully saturated rings. The maximum atomic E-state index is 13.2. The Kier molecular flexibility index (Phi) is 8.73. The van der Waals surface area contributed by atoms with E-state index in [0.29, 0.717) is 17.9 Å². The highest BCUT2D eigenvalue weighted by molar-refractivity contribution is 6.36. The minimum absolute atomic E-state index is 0.0917. The minimum atomic E-state index is -0.356. The van der Waals surface area contributed by atoms with Gasteiger partial charge in [-0.2, -0.15) is 0 Å². The lowest BCUT2D eigenvalue weighted by atomic mass is 10.0. The third-order valence-corrected chi connectivity index (χ3v) is 5.66. The maximum Gasteiger partial charge on any atom is 0.258 e. The van der Waals surface area contributed by atoms with Crippen LogP contribution in [0.2, 0.25) is 10.0 Å². The molecule has 0 aliphatic carbocycles. The molecular weight excluding hydrogens is 479 g/mol. The van der Waals surface area contributed by atoms with E-state index in [0.717, 1.165) is 11.1 Å². The first-order valence-electron chi connectivity index (χ1n) is 10.3. The molecule has 7 nitrogen and oxygen atoms in total. The number of methoxy groups -OCH3 is 2. The molecule has 3 aromatic rings. The van der Waals surface area contributed by atoms with E-state index in [9.17, 15) is 9.59 Å². The Balaban J connectivity index is 1.80. The van der Waals surface area contributed by atoms with Crippen LogP contribution in [0.15, 0.2) is 48.8 Å². The van der Waals surface area contributed by atoms with Gasteiger partial charge in [-0.1, -0.05) is 53.0 Å². The fourth-order valence-corrected chi connectivity index (χ4v) is 3.83. The van der Waals surface area contributed by atoms with Crippen molar-refractivity contribution >= 4 is 34.9 Å². The average Bonchev–Trinajstić information content (AvgIpc) is 2.83. The first kappa shape index (κ1) is 25.3. The zero-order chi connectivity index (χ0) is 24.7. The number of amides is 1. The van der Waals surface area contributed by atoms with E-state index in [2.05, 4.69) is 10.3 Å². The van der Waals surface area contributed by atoms with Crippen LogP contribution in [0.5, 0.6) is 17.2 Å². The molecule has 0 unspecified atom stereocenters. The summed E-state index contributed by atoms with van der Waals surface area (Å²) >= 11 is 12.4. The van der Waals surface area contributed by atoms with E-state index < -0.39 is 0 Å². The summed E-state index contributed by atoms with van der Waals surface area (Å²) in [5.74, 6) is -0.0315. The van der Waals surface area contributed by atoms with Gasteiger partial charge < -0.3 is 19.5 Å². The number of aromatic nitrogens is 1. The average molecular weight is 503 g/mol. The van der Waals surface area contributed by atoms with E-state index in [1.54, 1.807) is 12.1 Å². The van der Waals surface area contributed by atoms with Gasteiger partial charge in [-0.3, -0.25) is 14.6 Å². The van der Waals surface area contributed by atoms with E-state index in [4.69, 9.17) is 37.4 Å². The maximum absolute atomic E-state index is 13.2. The van der Waals surface area contributed by atoms with E-state index in [1.807, 2.05) is 31.2 Å². The van der Waals surface area contributed by atoms with Gasteiger partial charge in [-0.15, -0.1) is 0 Å². The second kappa shape index (κ2) is 11.7. The van der Waals surface area contributed by atoms with Crippen LogP contribution in [0.25, 0.3) is 0 Å². The summed E-state index contributed by atoms with van der Waals surface area (Å²) in [5.41, 5.74) is 2.71. The molecule has 34 heavy (non-hydrogen) atoms. The third kappa shape index (κ3) is 6.18. The molecular formula is C25H24Cl2N2O5. The van der Waals surface area contributed by atoms with Gasteiger partial charge in [0.2, 0.25) is 5.75 Å². The van der Waals surface area contributed by atoms with Crippen molar-refractivity contribution in [2.75, 3.05) is 20.8 Å². The highest BCUT2D eigenvalue weighted by Crippen LogP contribution is 2.40. The van der Waals surface area contributed by atoms with Crippen molar-refractivity contribution in [2.45, 2.75) is 19.9 Å². The molecule has 0 saturated heterocycles. The number of ketones is 1. The first-order chi connectivity index (χ1) is 16.3. The molecule has 178 valence electrons. The molecule has 0 saturated carbocycles. The van der Waals surface area contributed by atoms with Crippen LogP contribution in [-0.2, 0) is 17.8 Å². The minimum Gasteiger partial charge on any atom is -0.493 e. The van der Waals surface area contributed by atoms with Crippen LogP contribution < -0.4 is 19.5 Å². The molecule has 0 aliphatic heterocycles. The fourth-order valence-electron chi connectivity index (χ4n) is 3.34. The van der Waals surface area contributed by atoms with Crippen LogP contribution in [0, 0.1) is 6.92 Å². The number of ether oxygens (including phenoxy) is 3. The van der Waals surface area contributed by atoms with E-state index in [-0.39, 0.29) is 51.8 Å². The van der Waals surface area contributed by atoms with Crippen LogP contribution in [0.3, 0.4) is 0 Å². The van der Waals surface area contributed by atoms with Crippen LogP contribution in [0.1, 0.15) is 27.0 Å². The molecule has 0 aliphatic rings. The normalized spacial score (nSPS) is 10.5. The van der Waals surface area contributed by atoms with Gasteiger partial charge in [0.15, 0.2) is 23.9 Å². The Morgan fingerprint density at radius 3 is 2.38 bits per heavy atom. The number of halogens is 2. The number of aryl methyl sites for hydroxylation is 1. The number of Topliss-reactive ketones (excluding diaryl/α,β-unsaturated/α-hetero) is 1. The third-order valence-electron chi connectivity index (χ3n) is 5.01. The number of hydrogen-bond donors (Lipinski definition) is 1. The number of hydrogen-bond acceptors (Lipinski definition) is 6. The van der Waals surface area contributed by atoms with E-state index >= 15 is 0 Å². The van der Waals surface area contributed by atoms with Gasteiger partial charge in [-0.05, 0) is 24.6 Å². The van der Waals surface area contributed by atoms with Crippen molar-refractivity contribution in [2.24, 2.45) is 0 Å². The summed E-state index contributed by atoms with van der Waals surface area (Å²) in [5, 5.41) is 3.36. The lowest BCUT2D eigenvalue weighted by Gasteiger charge is -2.17. The molecule has 0 radical (unpaired) electrons. The second-order valence-electron chi connectivity index (χ2n) is 7.41. The number of nitrogens with one attached hydrogen (secondary N) is 1. The lowest BCUT2D eigenvalue weighted by Crippen LogP contribution is -2.28. The Labute approximate surface area is 208 Å². The van der Waals surface area contributed by atoms with Gasteiger partial charge in [0.1, 0.15) is 0 Å². The first-order valence-corrected chi connectivity index (χ1v) is 11.1. The zero-order valence-corrected chi connectivity index (χ0v) is 20.5. The summed E-state index contributed by atoms with van der Waals surface area (Å²) < 4.78 is 16.5. The summed E-state index contributed by atoms with van der Waals surface area (Å²) in [6, 6.07) is 10.9. The second-order valence-corrected chi connectivity index (χ2v) is 8.23. The van der Waals surface area contributed by atoms with Gasteiger partial charge in [0, 0.05) is 30.9 Å². The van der Waals surface area contributed by atoms with Gasteiger partial charge in [0.05, 0.1) is 29.8 Å². The van der Waals surface area contributed by atoms with Crippen molar-refractivity contribution in [3.63, 3.8) is 0 Å². The molecule has 1 aromatic heterocycles. The zero-order valence-electron chi connectivity index (χ0n) is 19.0. The number of nitrogens with zero attached hydrogens (tertiary/aromatic N) is 1. The van der Waals surface area contributed by atoms with E-state index in [1.165, 1.54) is 26.6 Å². The number of carbonyl (C=O) groups excluding carboxylic acids is 2. The molecule has 9 heteroatoms. The van der Waals surface area contributed by atoms with Crippen molar-refractivity contribution in [1.29, 1.82) is 0 Å². The number of benzene rings is 2. The number of pyridine rings is 1. The molecule has 3 rings (SSSR count). The van der Waals surface area contributed by atoms with Crippen LogP contribution in [0.4, 0.5) is 0 Å². The SMILES string of the molecule is COc1ccc(C(=O)Cc2c(Cl)cncc2Cl)c(OCC(=O)NCc2cccc(C)c2)c1OC. The van der Waals surface area contributed by atoms with Gasteiger partial charge in [0.25, 0.3) is 5.91 Å². The quantitative estimate of drug-likeness (QED) is 0.399. The number of rotatable bonds is 10. The molecule has 1 amide bonds. The topological polar surface area (TPSA) is 86.8 Å². The molecule has 2 aromatic carbocycles. The fraction of sp³-hybridized carbons (Fsp3) is 0.240. The van der Waals surface area contributed by atoms with Crippen LogP contribution >= 0.6 is 23.2 Å². The predicted octanol–water partition coefficient (Wildman–Crippen LogP) is 4.83. The molecule has 0 atom stereocenters. The predicted molar refractivity (Wildman–Crippen MR) is 130 cm³/mol. The van der Waals surface area contributed by atoms with Crippen LogP contribution in [-0.4, -0.2) is 37.5 Å². The molecule has 1 N–H and O–H groups in total. The molecule has 0 spiro atoms. The Bertz CT molecular complexity index is 1180. The summed E-state index contributed by atoms with van der Waals surface area (Å²) in [6.45, 7) is 2.00. The Hall–Kier alpha value is -3.29. The lowest BCUT2D eigenvalue weighted by molar-refractivity contribution is -0.123. The highest BCUT2D eigenvalue weighted by Gasteiger charge is 2.23. The van der Waals surface area contributed by atoms with Crippen molar-refractivity contribution < 1.29 is 23.8 Å². The Morgan fingerprint density at radius 1 is 1.00 bits per heavy atom. The molecule has 1 heterocycles. The number of carbonyl (C=O) groups is 2. The standard InChI is InChI=1S/C25H24Cl2N2O5/c1-15-5-4-6-16(9-15)11-29-23(31)14-34-24-17(7-8-22(32-2)25(24)33-3)21(30)10-18-19(26)12-28-13-20(18)27/h4-9,12-13H,10-11,14H2,1-3H3,(H,29,31). The van der Waals surface area contributed by atoms with Crippen molar-refractivity contribution in [3.05, 3.63) is 81.1 Å². The monoisotopic (exact) mass is 502 g/mol. The van der Waals surface area contributed by atoms with Crippen molar-refractivity contribution in [3.8, 4) is 17.2 Å². The van der Waals surface area contributed by atoms with Gasteiger partial charge in [-0.25, -0.2) is 0 Å². The summed E-state index contributed by atoms with van der Waals surface area (Å²) in [4.78, 5) is 29.5. The van der Waals surface area contributed by atoms with Crippen molar-refractivity contribution in [1.82, 2.24) is 10.3 Å². The van der Waals surface area contributed by atoms with Gasteiger partial charge >= 0.3 is 0 Å². The Morgan fingerprint density at radius 2 is 1.74 bits per heavy atom. The highest BCUT2D eigenvalue weighted by atomic mass is 35.5. The largest absolute Gasteiger partial charge is 0.493 e. The summed E-state index contributed by atoms with van der Waals surface area (Å²) in [7, 11) is 2.89. The molecule has 0 bridgehead atoms.